The highest BCUT2D eigenvalue weighted by Gasteiger charge is 2.39. The second-order valence-electron chi connectivity index (χ2n) is 7.85. The van der Waals surface area contributed by atoms with E-state index in [-0.39, 0.29) is 25.0 Å². The van der Waals surface area contributed by atoms with Gasteiger partial charge in [-0.3, -0.25) is 9.59 Å². The number of aliphatic carboxylic acids is 1. The molecule has 0 fully saturated rings. The number of halogens is 2. The average Bonchev–Trinajstić information content (AvgIpc) is 3.34. The number of hydrogen-bond acceptors (Lipinski definition) is 5. The van der Waals surface area contributed by atoms with E-state index in [0.717, 1.165) is 5.56 Å². The maximum atomic E-state index is 14.2. The lowest BCUT2D eigenvalue weighted by molar-refractivity contribution is -0.152. The molecule has 4 N–H and O–H groups in total. The highest BCUT2D eigenvalue weighted by Crippen LogP contribution is 2.30. The van der Waals surface area contributed by atoms with E-state index in [1.807, 2.05) is 0 Å². The molecule has 2 atom stereocenters. The Bertz CT molecular complexity index is 1100. The minimum absolute atomic E-state index is 0.00357. The number of aromatic nitrogens is 3. The Labute approximate surface area is 194 Å². The minimum atomic E-state index is -1.41. The fourth-order valence-electron chi connectivity index (χ4n) is 3.67. The molecule has 3 rings (SSSR count). The van der Waals surface area contributed by atoms with Crippen LogP contribution in [0.2, 0.25) is 5.02 Å². The molecule has 8 nitrogen and oxygen atoms in total. The van der Waals surface area contributed by atoms with Gasteiger partial charge in [-0.1, -0.05) is 42.8 Å². The zero-order chi connectivity index (χ0) is 24.0. The van der Waals surface area contributed by atoms with Crippen LogP contribution in [0.15, 0.2) is 48.7 Å². The van der Waals surface area contributed by atoms with Crippen LogP contribution in [0.4, 0.5) is 4.39 Å². The van der Waals surface area contributed by atoms with E-state index in [1.54, 1.807) is 31.2 Å². The van der Waals surface area contributed by atoms with Crippen LogP contribution < -0.4 is 5.32 Å². The topological polar surface area (TPSA) is 128 Å². The van der Waals surface area contributed by atoms with Crippen molar-refractivity contribution in [1.29, 1.82) is 0 Å². The number of amides is 1. The zero-order valence-electron chi connectivity index (χ0n) is 17.9. The van der Waals surface area contributed by atoms with E-state index in [1.165, 1.54) is 24.4 Å². The SMILES string of the molecule is CCC(CO)(CC(Cc1ccc(-c2cc(Cl)ccc2F)cc1)NC(=O)c1cn[nH]n1)C(=O)O. The third-order valence-electron chi connectivity index (χ3n) is 5.73. The number of carbonyl (C=O) groups excluding carboxylic acids is 1. The molecule has 0 aliphatic heterocycles. The van der Waals surface area contributed by atoms with Crippen LogP contribution in [-0.2, 0) is 11.2 Å². The highest BCUT2D eigenvalue weighted by molar-refractivity contribution is 6.30. The predicted molar refractivity (Wildman–Crippen MR) is 120 cm³/mol. The normalized spacial score (nSPS) is 13.8. The van der Waals surface area contributed by atoms with Crippen molar-refractivity contribution in [3.63, 3.8) is 0 Å². The maximum Gasteiger partial charge on any atom is 0.312 e. The first-order chi connectivity index (χ1) is 15.8. The molecule has 10 heteroatoms. The Balaban J connectivity index is 1.85. The molecule has 0 bridgehead atoms. The van der Waals surface area contributed by atoms with E-state index in [0.29, 0.717) is 16.1 Å². The average molecular weight is 475 g/mol. The third-order valence-corrected chi connectivity index (χ3v) is 5.96. The summed E-state index contributed by atoms with van der Waals surface area (Å²) < 4.78 is 14.2. The van der Waals surface area contributed by atoms with Gasteiger partial charge in [0.1, 0.15) is 5.82 Å². The molecule has 174 valence electrons. The number of H-pyrrole nitrogens is 1. The number of rotatable bonds is 10. The number of nitrogens with one attached hydrogen (secondary N) is 2. The number of carboxylic acids is 1. The fourth-order valence-corrected chi connectivity index (χ4v) is 3.84. The number of aromatic amines is 1. The van der Waals surface area contributed by atoms with Crippen LogP contribution in [0.25, 0.3) is 11.1 Å². The molecule has 1 heterocycles. The molecule has 1 amide bonds. The summed E-state index contributed by atoms with van der Waals surface area (Å²) in [4.78, 5) is 24.5. The van der Waals surface area contributed by atoms with Crippen LogP contribution in [0.1, 0.15) is 35.8 Å². The van der Waals surface area contributed by atoms with Crippen LogP contribution in [0.5, 0.6) is 0 Å². The molecule has 0 saturated carbocycles. The molecule has 0 saturated heterocycles. The van der Waals surface area contributed by atoms with E-state index < -0.39 is 35.8 Å². The van der Waals surface area contributed by atoms with Gasteiger partial charge in [-0.25, -0.2) is 4.39 Å². The molecule has 3 aromatic rings. The molecule has 0 aliphatic rings. The number of carbonyl (C=O) groups is 2. The quantitative estimate of drug-likeness (QED) is 0.356. The number of benzene rings is 2. The third kappa shape index (κ3) is 5.74. The van der Waals surface area contributed by atoms with Crippen molar-refractivity contribution in [2.24, 2.45) is 5.41 Å². The molecular weight excluding hydrogens is 451 g/mol. The van der Waals surface area contributed by atoms with E-state index in [2.05, 4.69) is 20.7 Å². The van der Waals surface area contributed by atoms with Crippen molar-refractivity contribution in [1.82, 2.24) is 20.7 Å². The predicted octanol–water partition coefficient (Wildman–Crippen LogP) is 3.47. The second kappa shape index (κ2) is 10.5. The van der Waals surface area contributed by atoms with Crippen LogP contribution in [0, 0.1) is 11.2 Å². The van der Waals surface area contributed by atoms with Crippen molar-refractivity contribution in [2.45, 2.75) is 32.2 Å². The van der Waals surface area contributed by atoms with Crippen molar-refractivity contribution in [3.05, 3.63) is 70.8 Å². The largest absolute Gasteiger partial charge is 0.481 e. The number of aliphatic hydroxyl groups is 1. The van der Waals surface area contributed by atoms with E-state index in [9.17, 15) is 24.2 Å². The monoisotopic (exact) mass is 474 g/mol. The molecule has 0 aliphatic carbocycles. The van der Waals surface area contributed by atoms with Crippen molar-refractivity contribution in [2.75, 3.05) is 6.61 Å². The van der Waals surface area contributed by atoms with Gasteiger partial charge in [0.05, 0.1) is 18.2 Å². The second-order valence-corrected chi connectivity index (χ2v) is 8.29. The summed E-state index contributed by atoms with van der Waals surface area (Å²) in [5.41, 5.74) is 0.436. The lowest BCUT2D eigenvalue weighted by atomic mass is 9.78. The van der Waals surface area contributed by atoms with E-state index >= 15 is 0 Å². The highest BCUT2D eigenvalue weighted by atomic mass is 35.5. The Morgan fingerprint density at radius 3 is 2.55 bits per heavy atom. The number of carboxylic acid groups (broad SMARTS) is 1. The van der Waals surface area contributed by atoms with Gasteiger partial charge in [-0.2, -0.15) is 15.4 Å². The lowest BCUT2D eigenvalue weighted by Crippen LogP contribution is -2.45. The Kier molecular flexibility index (Phi) is 7.78. The zero-order valence-corrected chi connectivity index (χ0v) is 18.6. The standard InChI is InChI=1S/C23H24ClFN4O4/c1-2-23(13-30,22(32)33)11-17(27-21(31)20-12-26-29-28-20)9-14-3-5-15(6-4-14)18-10-16(24)7-8-19(18)25/h3-8,10,12,17,30H,2,9,11,13H2,1H3,(H,27,31)(H,32,33)(H,26,28,29). The molecule has 2 unspecified atom stereocenters. The van der Waals surface area contributed by atoms with Gasteiger partial charge < -0.3 is 15.5 Å². The molecule has 2 aromatic carbocycles. The van der Waals surface area contributed by atoms with Gasteiger partial charge in [0.2, 0.25) is 0 Å². The first-order valence-electron chi connectivity index (χ1n) is 10.3. The summed E-state index contributed by atoms with van der Waals surface area (Å²) in [6.07, 6.45) is 1.74. The Hall–Kier alpha value is -3.30. The first kappa shape index (κ1) is 24.3. The van der Waals surface area contributed by atoms with Gasteiger partial charge in [0.15, 0.2) is 5.69 Å². The first-order valence-corrected chi connectivity index (χ1v) is 10.7. The van der Waals surface area contributed by atoms with Crippen molar-refractivity contribution in [3.8, 4) is 11.1 Å². The Morgan fingerprint density at radius 1 is 1.24 bits per heavy atom. The number of hydrogen-bond donors (Lipinski definition) is 4. The lowest BCUT2D eigenvalue weighted by Gasteiger charge is -2.31. The van der Waals surface area contributed by atoms with Gasteiger partial charge in [-0.15, -0.1) is 0 Å². The summed E-state index contributed by atoms with van der Waals surface area (Å²) in [6.45, 7) is 1.11. The summed E-state index contributed by atoms with van der Waals surface area (Å²) in [7, 11) is 0. The van der Waals surface area contributed by atoms with Crippen LogP contribution in [0.3, 0.4) is 0 Å². The molecule has 0 spiro atoms. The van der Waals surface area contributed by atoms with Gasteiger partial charge in [-0.05, 0) is 48.6 Å². The van der Waals surface area contributed by atoms with Crippen molar-refractivity contribution < 1.29 is 24.2 Å². The fraction of sp³-hybridized carbons (Fsp3) is 0.304. The summed E-state index contributed by atoms with van der Waals surface area (Å²) >= 11 is 5.99. The summed E-state index contributed by atoms with van der Waals surface area (Å²) in [6, 6.07) is 10.7. The maximum absolute atomic E-state index is 14.2. The van der Waals surface area contributed by atoms with Crippen LogP contribution in [-0.4, -0.2) is 50.1 Å². The van der Waals surface area contributed by atoms with Gasteiger partial charge >= 0.3 is 5.97 Å². The van der Waals surface area contributed by atoms with E-state index in [4.69, 9.17) is 11.6 Å². The molecular formula is C23H24ClFN4O4. The Morgan fingerprint density at radius 2 is 1.97 bits per heavy atom. The molecule has 33 heavy (non-hydrogen) atoms. The minimum Gasteiger partial charge on any atom is -0.481 e. The summed E-state index contributed by atoms with van der Waals surface area (Å²) in [5.74, 6) is -2.05. The number of nitrogens with zero attached hydrogens (tertiary/aromatic N) is 2. The molecule has 1 aromatic heterocycles. The smallest absolute Gasteiger partial charge is 0.312 e. The summed E-state index contributed by atoms with van der Waals surface area (Å²) in [5, 5.41) is 32.5. The van der Waals surface area contributed by atoms with Crippen LogP contribution >= 0.6 is 11.6 Å². The van der Waals surface area contributed by atoms with Gasteiger partial charge in [0, 0.05) is 16.6 Å². The van der Waals surface area contributed by atoms with Crippen molar-refractivity contribution >= 4 is 23.5 Å². The van der Waals surface area contributed by atoms with Gasteiger partial charge in [0.25, 0.3) is 5.91 Å². The number of aliphatic hydroxyl groups excluding tert-OH is 1. The molecule has 0 radical (unpaired) electrons.